The normalized spacial score (nSPS) is 27.4. The summed E-state index contributed by atoms with van der Waals surface area (Å²) < 4.78 is 4.60. The van der Waals surface area contributed by atoms with Crippen molar-refractivity contribution >= 4 is 5.97 Å². The quantitative estimate of drug-likeness (QED) is 0.280. The largest absolute Gasteiger partial charge is 0.469 e. The zero-order chi connectivity index (χ0) is 19.4. The number of carbonyl (C=O) groups is 1. The fraction of sp³-hybridized carbons (Fsp3) is 0.762. The molecule has 5 heteroatoms. The molecule has 0 amide bonds. The summed E-state index contributed by atoms with van der Waals surface area (Å²) in [6.07, 6.45) is 13.1. The number of aliphatic hydroxyl groups is 3. The van der Waals surface area contributed by atoms with Crippen molar-refractivity contribution in [2.45, 2.75) is 83.0 Å². The van der Waals surface area contributed by atoms with Crippen LogP contribution in [0.25, 0.3) is 0 Å². The average molecular weight is 369 g/mol. The van der Waals surface area contributed by atoms with E-state index in [9.17, 15) is 20.1 Å². The molecule has 0 bridgehead atoms. The van der Waals surface area contributed by atoms with E-state index in [0.717, 1.165) is 38.5 Å². The van der Waals surface area contributed by atoms with Crippen LogP contribution in [0.5, 0.6) is 0 Å². The summed E-state index contributed by atoms with van der Waals surface area (Å²) in [5.41, 5.74) is 0. The molecule has 5 atom stereocenters. The van der Waals surface area contributed by atoms with Gasteiger partial charge in [0.05, 0.1) is 25.4 Å². The minimum absolute atomic E-state index is 0.0408. The Balaban J connectivity index is 2.44. The van der Waals surface area contributed by atoms with Gasteiger partial charge in [-0.1, -0.05) is 50.5 Å². The molecule has 0 heterocycles. The summed E-state index contributed by atoms with van der Waals surface area (Å²) in [4.78, 5) is 11.1. The van der Waals surface area contributed by atoms with Crippen molar-refractivity contribution in [3.05, 3.63) is 24.3 Å². The molecule has 0 aliphatic heterocycles. The van der Waals surface area contributed by atoms with Gasteiger partial charge < -0.3 is 20.1 Å². The summed E-state index contributed by atoms with van der Waals surface area (Å²) in [6.45, 7) is 2.13. The molecule has 0 unspecified atom stereocenters. The van der Waals surface area contributed by atoms with Crippen molar-refractivity contribution in [1.29, 1.82) is 0 Å². The van der Waals surface area contributed by atoms with Gasteiger partial charge in [0.1, 0.15) is 0 Å². The van der Waals surface area contributed by atoms with Crippen molar-refractivity contribution in [1.82, 2.24) is 0 Å². The van der Waals surface area contributed by atoms with Crippen LogP contribution < -0.4 is 0 Å². The predicted octanol–water partition coefficient (Wildman–Crippen LogP) is 3.13. The summed E-state index contributed by atoms with van der Waals surface area (Å²) in [7, 11) is 1.39. The van der Waals surface area contributed by atoms with Gasteiger partial charge in [-0.05, 0) is 31.6 Å². The Morgan fingerprint density at radius 2 is 1.96 bits per heavy atom. The fourth-order valence-corrected chi connectivity index (χ4v) is 3.50. The van der Waals surface area contributed by atoms with Crippen LogP contribution in [0.15, 0.2) is 24.3 Å². The van der Waals surface area contributed by atoms with Crippen molar-refractivity contribution in [3.8, 4) is 0 Å². The first kappa shape index (κ1) is 22.9. The lowest BCUT2D eigenvalue weighted by Crippen LogP contribution is -2.20. The maximum absolute atomic E-state index is 11.1. The average Bonchev–Trinajstić information content (AvgIpc) is 2.89. The van der Waals surface area contributed by atoms with Crippen LogP contribution in [0.2, 0.25) is 0 Å². The van der Waals surface area contributed by atoms with E-state index in [4.69, 9.17) is 0 Å². The van der Waals surface area contributed by atoms with E-state index >= 15 is 0 Å². The van der Waals surface area contributed by atoms with Crippen molar-refractivity contribution in [3.63, 3.8) is 0 Å². The first-order valence-corrected chi connectivity index (χ1v) is 9.93. The van der Waals surface area contributed by atoms with E-state index in [0.29, 0.717) is 19.3 Å². The van der Waals surface area contributed by atoms with E-state index in [2.05, 4.69) is 11.7 Å². The highest BCUT2D eigenvalue weighted by Crippen LogP contribution is 2.36. The van der Waals surface area contributed by atoms with Gasteiger partial charge in [-0.25, -0.2) is 0 Å². The van der Waals surface area contributed by atoms with Gasteiger partial charge in [0.15, 0.2) is 0 Å². The molecular weight excluding hydrogens is 332 g/mol. The zero-order valence-electron chi connectivity index (χ0n) is 16.2. The topological polar surface area (TPSA) is 87.0 Å². The predicted molar refractivity (Wildman–Crippen MR) is 103 cm³/mol. The summed E-state index contributed by atoms with van der Waals surface area (Å²) in [5.74, 6) is -0.373. The Hall–Kier alpha value is -1.17. The Bertz CT molecular complexity index is 446. The second-order valence-corrected chi connectivity index (χ2v) is 7.24. The van der Waals surface area contributed by atoms with Gasteiger partial charge >= 0.3 is 5.97 Å². The summed E-state index contributed by atoms with van der Waals surface area (Å²) in [6, 6.07) is 0. The Morgan fingerprint density at radius 3 is 2.65 bits per heavy atom. The number of methoxy groups -OCH3 is 1. The number of aliphatic hydroxyl groups excluding tert-OH is 3. The van der Waals surface area contributed by atoms with Gasteiger partial charge in [-0.15, -0.1) is 0 Å². The van der Waals surface area contributed by atoms with E-state index in [1.54, 1.807) is 6.08 Å². The number of ether oxygens (including phenoxy) is 1. The van der Waals surface area contributed by atoms with E-state index < -0.39 is 18.3 Å². The van der Waals surface area contributed by atoms with E-state index in [1.165, 1.54) is 7.11 Å². The van der Waals surface area contributed by atoms with Crippen LogP contribution in [-0.2, 0) is 9.53 Å². The molecule has 0 aromatic rings. The third-order valence-electron chi connectivity index (χ3n) is 5.13. The summed E-state index contributed by atoms with van der Waals surface area (Å²) in [5, 5.41) is 30.5. The maximum atomic E-state index is 11.1. The van der Waals surface area contributed by atoms with Crippen molar-refractivity contribution < 1.29 is 24.9 Å². The highest BCUT2D eigenvalue weighted by molar-refractivity contribution is 5.69. The molecule has 1 saturated carbocycles. The Morgan fingerprint density at radius 1 is 1.19 bits per heavy atom. The number of hydrogen-bond donors (Lipinski definition) is 3. The number of unbranched alkanes of at least 4 members (excludes halogenated alkanes) is 3. The molecule has 1 rings (SSSR count). The molecule has 26 heavy (non-hydrogen) atoms. The second kappa shape index (κ2) is 13.1. The lowest BCUT2D eigenvalue weighted by molar-refractivity contribution is -0.140. The fourth-order valence-electron chi connectivity index (χ4n) is 3.50. The van der Waals surface area contributed by atoms with Gasteiger partial charge in [0.25, 0.3) is 0 Å². The van der Waals surface area contributed by atoms with Crippen LogP contribution in [0.3, 0.4) is 0 Å². The zero-order valence-corrected chi connectivity index (χ0v) is 16.2. The molecule has 150 valence electrons. The molecule has 0 radical (unpaired) electrons. The summed E-state index contributed by atoms with van der Waals surface area (Å²) >= 11 is 0. The van der Waals surface area contributed by atoms with Crippen LogP contribution in [-0.4, -0.2) is 46.7 Å². The molecule has 5 nitrogen and oxygen atoms in total. The van der Waals surface area contributed by atoms with Crippen LogP contribution >= 0.6 is 0 Å². The highest BCUT2D eigenvalue weighted by Gasteiger charge is 2.39. The molecule has 3 N–H and O–H groups in total. The molecule has 0 saturated heterocycles. The number of rotatable bonds is 12. The number of carbonyl (C=O) groups excluding carboxylic acids is 1. The van der Waals surface area contributed by atoms with Crippen molar-refractivity contribution in [2.75, 3.05) is 7.11 Å². The van der Waals surface area contributed by atoms with Crippen molar-refractivity contribution in [2.24, 2.45) is 11.8 Å². The minimum Gasteiger partial charge on any atom is -0.469 e. The minimum atomic E-state index is -0.568. The molecule has 1 aliphatic carbocycles. The number of esters is 1. The monoisotopic (exact) mass is 368 g/mol. The smallest absolute Gasteiger partial charge is 0.305 e. The first-order valence-electron chi connectivity index (χ1n) is 9.93. The second-order valence-electron chi connectivity index (χ2n) is 7.24. The molecule has 1 aliphatic rings. The molecular formula is C21H36O5. The van der Waals surface area contributed by atoms with Gasteiger partial charge in [-0.2, -0.15) is 0 Å². The molecule has 0 spiro atoms. The van der Waals surface area contributed by atoms with Crippen LogP contribution in [0.1, 0.15) is 64.7 Å². The number of allylic oxidation sites excluding steroid dienone is 2. The van der Waals surface area contributed by atoms with Crippen LogP contribution in [0.4, 0.5) is 0 Å². The molecule has 0 aromatic heterocycles. The first-order chi connectivity index (χ1) is 12.5. The lowest BCUT2D eigenvalue weighted by Gasteiger charge is -2.19. The highest BCUT2D eigenvalue weighted by atomic mass is 16.5. The Labute approximate surface area is 157 Å². The SMILES string of the molecule is CCCCC[C@@H](O)/C=C/[C@@H]1[C@H](C/C=C\CCCC(=O)OC)[C@H](O)C[C@@H]1O. The maximum Gasteiger partial charge on any atom is 0.305 e. The Kier molecular flexibility index (Phi) is 11.5. The third-order valence-corrected chi connectivity index (χ3v) is 5.13. The molecule has 1 fully saturated rings. The van der Waals surface area contributed by atoms with E-state index in [-0.39, 0.29) is 17.8 Å². The number of hydrogen-bond acceptors (Lipinski definition) is 5. The van der Waals surface area contributed by atoms with Gasteiger partial charge in [-0.3, -0.25) is 4.79 Å². The standard InChI is InChI=1S/C21H36O5/c1-3-4-7-10-16(22)13-14-18-17(19(23)15-20(18)24)11-8-5-6-9-12-21(25)26-2/h5,8,13-14,16-20,22-24H,3-4,6-7,9-12,15H2,1-2H3/b8-5-,14-13+/t16-,17+,18-,19-,20+/m1/s1. The lowest BCUT2D eigenvalue weighted by atomic mass is 9.89. The van der Waals surface area contributed by atoms with Gasteiger partial charge in [0, 0.05) is 18.8 Å². The van der Waals surface area contributed by atoms with Crippen LogP contribution in [0, 0.1) is 11.8 Å². The third kappa shape index (κ3) is 8.47. The van der Waals surface area contributed by atoms with Gasteiger partial charge in [0.2, 0.25) is 0 Å². The van der Waals surface area contributed by atoms with E-state index in [1.807, 2.05) is 18.2 Å². The molecule has 0 aromatic carbocycles.